The van der Waals surface area contributed by atoms with E-state index >= 15 is 0 Å². The van der Waals surface area contributed by atoms with Gasteiger partial charge in [0.05, 0.1) is 12.2 Å². The number of nitrogens with one attached hydrogen (secondary N) is 2. The highest BCUT2D eigenvalue weighted by molar-refractivity contribution is 5.83. The van der Waals surface area contributed by atoms with Gasteiger partial charge in [0.25, 0.3) is 0 Å². The molecule has 124 valence electrons. The number of nitrogens with zero attached hydrogens (tertiary/aromatic N) is 2. The van der Waals surface area contributed by atoms with Crippen LogP contribution in [-0.4, -0.2) is 35.4 Å². The average Bonchev–Trinajstić information content (AvgIpc) is 2.92. The van der Waals surface area contributed by atoms with Crippen molar-refractivity contribution in [3.05, 3.63) is 48.0 Å². The fourth-order valence-corrected chi connectivity index (χ4v) is 2.18. The third-order valence-corrected chi connectivity index (χ3v) is 3.29. The molecule has 2 aromatic rings. The second-order valence-electron chi connectivity index (χ2n) is 5.35. The van der Waals surface area contributed by atoms with Crippen molar-refractivity contribution in [1.82, 2.24) is 20.4 Å². The Morgan fingerprint density at radius 3 is 2.87 bits per heavy atom. The molecule has 0 bridgehead atoms. The lowest BCUT2D eigenvalue weighted by Gasteiger charge is -2.19. The van der Waals surface area contributed by atoms with Gasteiger partial charge in [0.2, 0.25) is 5.91 Å². The van der Waals surface area contributed by atoms with Crippen LogP contribution in [0.4, 0.5) is 4.39 Å². The number of benzene rings is 1. The number of aromatic nitrogens is 2. The first kappa shape index (κ1) is 17.0. The van der Waals surface area contributed by atoms with Gasteiger partial charge in [0, 0.05) is 24.9 Å². The Balaban J connectivity index is 1.88. The van der Waals surface area contributed by atoms with Crippen molar-refractivity contribution in [2.24, 2.45) is 7.05 Å². The van der Waals surface area contributed by atoms with Gasteiger partial charge in [0.1, 0.15) is 24.2 Å². The van der Waals surface area contributed by atoms with E-state index in [0.717, 1.165) is 5.56 Å². The van der Waals surface area contributed by atoms with Crippen molar-refractivity contribution in [3.63, 3.8) is 0 Å². The quantitative estimate of drug-likeness (QED) is 0.809. The first-order valence-corrected chi connectivity index (χ1v) is 7.34. The molecule has 2 rings (SSSR count). The predicted molar refractivity (Wildman–Crippen MR) is 84.5 cm³/mol. The maximum atomic E-state index is 13.1. The summed E-state index contributed by atoms with van der Waals surface area (Å²) >= 11 is 0. The van der Waals surface area contributed by atoms with Gasteiger partial charge in [0.15, 0.2) is 0 Å². The highest BCUT2D eigenvalue weighted by Gasteiger charge is 2.21. The van der Waals surface area contributed by atoms with E-state index in [1.165, 1.54) is 12.1 Å². The van der Waals surface area contributed by atoms with E-state index in [0.29, 0.717) is 5.75 Å². The van der Waals surface area contributed by atoms with Gasteiger partial charge in [-0.05, 0) is 26.1 Å². The molecule has 7 heteroatoms. The first-order chi connectivity index (χ1) is 11.0. The van der Waals surface area contributed by atoms with Gasteiger partial charge in [-0.25, -0.2) is 4.39 Å². The van der Waals surface area contributed by atoms with E-state index in [1.807, 2.05) is 6.92 Å². The number of rotatable bonds is 7. The molecule has 6 nitrogen and oxygen atoms in total. The minimum atomic E-state index is -0.486. The van der Waals surface area contributed by atoms with Crippen molar-refractivity contribution in [1.29, 1.82) is 0 Å². The van der Waals surface area contributed by atoms with Crippen LogP contribution in [0.3, 0.4) is 0 Å². The number of aryl methyl sites for hydroxylation is 1. The summed E-state index contributed by atoms with van der Waals surface area (Å²) in [5.41, 5.74) is 0.783. The number of carbonyl (C=O) groups is 1. The Morgan fingerprint density at radius 2 is 2.26 bits per heavy atom. The molecule has 0 aliphatic carbocycles. The zero-order chi connectivity index (χ0) is 16.8. The third kappa shape index (κ3) is 4.79. The largest absolute Gasteiger partial charge is 0.491 e. The normalized spacial score (nSPS) is 13.4. The van der Waals surface area contributed by atoms with E-state index in [2.05, 4.69) is 15.7 Å². The Morgan fingerprint density at radius 1 is 1.48 bits per heavy atom. The van der Waals surface area contributed by atoms with Crippen LogP contribution in [0, 0.1) is 5.82 Å². The minimum absolute atomic E-state index is 0.171. The minimum Gasteiger partial charge on any atom is -0.491 e. The smallest absolute Gasteiger partial charge is 0.242 e. The predicted octanol–water partition coefficient (Wildman–Crippen LogP) is 1.40. The summed E-state index contributed by atoms with van der Waals surface area (Å²) in [5, 5.41) is 9.90. The van der Waals surface area contributed by atoms with Gasteiger partial charge >= 0.3 is 0 Å². The second kappa shape index (κ2) is 7.73. The number of likely N-dealkylation sites (N-methyl/N-ethyl adjacent to an activating group) is 1. The number of halogens is 1. The SMILES string of the molecule is CNC(C(=O)NC(C)COc1cccc(F)c1)c1cnn(C)c1. The first-order valence-electron chi connectivity index (χ1n) is 7.34. The molecule has 1 amide bonds. The zero-order valence-electron chi connectivity index (χ0n) is 13.4. The van der Waals surface area contributed by atoms with Gasteiger partial charge in [-0.15, -0.1) is 0 Å². The maximum absolute atomic E-state index is 13.1. The highest BCUT2D eigenvalue weighted by atomic mass is 19.1. The number of ether oxygens (including phenoxy) is 1. The molecule has 1 aromatic heterocycles. The van der Waals surface area contributed by atoms with E-state index in [-0.39, 0.29) is 24.4 Å². The van der Waals surface area contributed by atoms with Crippen molar-refractivity contribution in [2.75, 3.05) is 13.7 Å². The van der Waals surface area contributed by atoms with Crippen LogP contribution in [0.1, 0.15) is 18.5 Å². The molecular weight excluding hydrogens is 299 g/mol. The summed E-state index contributed by atoms with van der Waals surface area (Å²) in [7, 11) is 3.51. The topological polar surface area (TPSA) is 68.2 Å². The summed E-state index contributed by atoms with van der Waals surface area (Å²) in [6.45, 7) is 2.08. The molecule has 0 saturated carbocycles. The van der Waals surface area contributed by atoms with Crippen LogP contribution in [0.5, 0.6) is 5.75 Å². The lowest BCUT2D eigenvalue weighted by molar-refractivity contribution is -0.124. The molecule has 2 unspecified atom stereocenters. The second-order valence-corrected chi connectivity index (χ2v) is 5.35. The average molecular weight is 320 g/mol. The Labute approximate surface area is 134 Å². The van der Waals surface area contributed by atoms with Crippen LogP contribution in [0.15, 0.2) is 36.7 Å². The monoisotopic (exact) mass is 320 g/mol. The number of hydrogen-bond donors (Lipinski definition) is 2. The van der Waals surface area contributed by atoms with Gasteiger partial charge in [-0.1, -0.05) is 6.07 Å². The molecule has 0 aliphatic heterocycles. The van der Waals surface area contributed by atoms with Crippen molar-refractivity contribution in [3.8, 4) is 5.75 Å². The molecule has 2 N–H and O–H groups in total. The molecule has 0 aliphatic rings. The summed E-state index contributed by atoms with van der Waals surface area (Å²) in [6.07, 6.45) is 3.43. The van der Waals surface area contributed by atoms with E-state index in [4.69, 9.17) is 4.74 Å². The van der Waals surface area contributed by atoms with Crippen LogP contribution in [-0.2, 0) is 11.8 Å². The van der Waals surface area contributed by atoms with Crippen molar-refractivity contribution < 1.29 is 13.9 Å². The van der Waals surface area contributed by atoms with Crippen LogP contribution >= 0.6 is 0 Å². The molecule has 1 aromatic carbocycles. The Hall–Kier alpha value is -2.41. The van der Waals surface area contributed by atoms with E-state index in [1.54, 1.807) is 43.3 Å². The molecule has 0 saturated heterocycles. The standard InChI is InChI=1S/C16H21FN4O2/c1-11(10-23-14-6-4-5-13(17)7-14)20-16(22)15(18-2)12-8-19-21(3)9-12/h4-9,11,15,18H,10H2,1-3H3,(H,20,22). The number of amides is 1. The highest BCUT2D eigenvalue weighted by Crippen LogP contribution is 2.13. The summed E-state index contributed by atoms with van der Waals surface area (Å²) < 4.78 is 20.2. The van der Waals surface area contributed by atoms with Crippen molar-refractivity contribution >= 4 is 5.91 Å². The molecule has 0 fully saturated rings. The number of carbonyl (C=O) groups excluding carboxylic acids is 1. The van der Waals surface area contributed by atoms with E-state index < -0.39 is 6.04 Å². The summed E-state index contributed by atoms with van der Waals surface area (Å²) in [4.78, 5) is 12.3. The molecular formula is C16H21FN4O2. The third-order valence-electron chi connectivity index (χ3n) is 3.29. The maximum Gasteiger partial charge on any atom is 0.242 e. The van der Waals surface area contributed by atoms with Crippen LogP contribution < -0.4 is 15.4 Å². The lowest BCUT2D eigenvalue weighted by atomic mass is 10.1. The fraction of sp³-hybridized carbons (Fsp3) is 0.375. The Kier molecular flexibility index (Phi) is 5.70. The van der Waals surface area contributed by atoms with Crippen LogP contribution in [0.2, 0.25) is 0 Å². The molecule has 2 atom stereocenters. The summed E-state index contributed by atoms with van der Waals surface area (Å²) in [5.74, 6) is -0.0922. The van der Waals surface area contributed by atoms with E-state index in [9.17, 15) is 9.18 Å². The molecule has 0 radical (unpaired) electrons. The summed E-state index contributed by atoms with van der Waals surface area (Å²) in [6, 6.07) is 5.19. The molecule has 23 heavy (non-hydrogen) atoms. The molecule has 1 heterocycles. The van der Waals surface area contributed by atoms with Gasteiger partial charge < -0.3 is 15.4 Å². The Bertz CT molecular complexity index is 659. The zero-order valence-corrected chi connectivity index (χ0v) is 13.4. The molecule has 0 spiro atoms. The van der Waals surface area contributed by atoms with Gasteiger partial charge in [-0.2, -0.15) is 5.10 Å². The number of hydrogen-bond acceptors (Lipinski definition) is 4. The van der Waals surface area contributed by atoms with Gasteiger partial charge in [-0.3, -0.25) is 9.48 Å². The lowest BCUT2D eigenvalue weighted by Crippen LogP contribution is -2.42. The van der Waals surface area contributed by atoms with Crippen molar-refractivity contribution in [2.45, 2.75) is 19.0 Å². The fourth-order valence-electron chi connectivity index (χ4n) is 2.18. The van der Waals surface area contributed by atoms with Crippen LogP contribution in [0.25, 0.3) is 0 Å².